The van der Waals surface area contributed by atoms with Gasteiger partial charge in [0, 0.05) is 50.4 Å². The number of carbonyl (C=O) groups excluding carboxylic acids is 1. The van der Waals surface area contributed by atoms with E-state index in [0.29, 0.717) is 30.5 Å². The van der Waals surface area contributed by atoms with Crippen LogP contribution in [0.3, 0.4) is 0 Å². The zero-order chi connectivity index (χ0) is 20.1. The maximum Gasteiger partial charge on any atom is 0.434 e. The number of hydrogen-bond acceptors (Lipinski definition) is 4. The molecule has 1 saturated carbocycles. The number of aliphatic imine (C=N–C) groups is 1. The van der Waals surface area contributed by atoms with Crippen LogP contribution in [-0.2, 0) is 17.4 Å². The molecular weight excluding hydrogens is 391 g/mol. The smallest absolute Gasteiger partial charge is 0.356 e. The molecule has 0 bridgehead atoms. The molecule has 0 radical (unpaired) electrons. The fourth-order valence-corrected chi connectivity index (χ4v) is 4.55. The van der Waals surface area contributed by atoms with E-state index in [9.17, 15) is 18.0 Å². The van der Waals surface area contributed by atoms with Crippen LogP contribution in [0.15, 0.2) is 10.4 Å². The lowest BCUT2D eigenvalue weighted by Gasteiger charge is -2.21. The Morgan fingerprint density at radius 3 is 2.75 bits per heavy atom. The van der Waals surface area contributed by atoms with Crippen LogP contribution < -0.4 is 10.6 Å². The van der Waals surface area contributed by atoms with Crippen LogP contribution in [0.25, 0.3) is 0 Å². The van der Waals surface area contributed by atoms with E-state index in [0.717, 1.165) is 55.4 Å². The molecule has 1 aromatic rings. The topological polar surface area (TPSA) is 69.6 Å². The zero-order valence-corrected chi connectivity index (χ0v) is 16.7. The molecule has 0 spiro atoms. The Morgan fingerprint density at radius 1 is 1.36 bits per heavy atom. The maximum absolute atomic E-state index is 12.6. The van der Waals surface area contributed by atoms with Crippen LogP contribution in [0.1, 0.15) is 42.8 Å². The van der Waals surface area contributed by atoms with E-state index in [4.69, 9.17) is 0 Å². The van der Waals surface area contributed by atoms with Crippen LogP contribution >= 0.6 is 11.3 Å². The van der Waals surface area contributed by atoms with Gasteiger partial charge in [-0.05, 0) is 19.3 Å². The molecule has 6 nitrogen and oxygen atoms in total. The average molecular weight is 418 g/mol. The van der Waals surface area contributed by atoms with Crippen molar-refractivity contribution in [3.63, 3.8) is 0 Å². The number of hydrogen-bond donors (Lipinski definition) is 2. The number of nitrogens with one attached hydrogen (secondary N) is 2. The number of thiazole rings is 1. The first-order chi connectivity index (χ1) is 13.4. The quantitative estimate of drug-likeness (QED) is 0.571. The molecule has 3 rings (SSSR count). The van der Waals surface area contributed by atoms with Gasteiger partial charge in [0.05, 0.1) is 5.01 Å². The van der Waals surface area contributed by atoms with Crippen LogP contribution in [0.5, 0.6) is 0 Å². The summed E-state index contributed by atoms with van der Waals surface area (Å²) in [5.41, 5.74) is -0.840. The highest BCUT2D eigenvalue weighted by Gasteiger charge is 2.34. The lowest BCUT2D eigenvalue weighted by Crippen LogP contribution is -2.45. The summed E-state index contributed by atoms with van der Waals surface area (Å²) in [6.45, 7) is 1.85. The van der Waals surface area contributed by atoms with Crippen LogP contribution in [0, 0.1) is 5.92 Å². The van der Waals surface area contributed by atoms with E-state index >= 15 is 0 Å². The highest BCUT2D eigenvalue weighted by atomic mass is 32.1. The minimum Gasteiger partial charge on any atom is -0.356 e. The van der Waals surface area contributed by atoms with E-state index < -0.39 is 11.9 Å². The molecule has 2 fully saturated rings. The van der Waals surface area contributed by atoms with Crippen LogP contribution in [0.4, 0.5) is 13.2 Å². The summed E-state index contributed by atoms with van der Waals surface area (Å²) < 4.78 is 37.8. The lowest BCUT2D eigenvalue weighted by molar-refractivity contribution is -0.140. The van der Waals surface area contributed by atoms with E-state index in [1.54, 1.807) is 7.05 Å². The minimum atomic E-state index is -4.40. The van der Waals surface area contributed by atoms with Gasteiger partial charge in [-0.15, -0.1) is 11.3 Å². The second kappa shape index (κ2) is 9.11. The SMILES string of the molecule is CN=C(NCCc1nc(C(F)(F)F)cs1)NC1CCN(C(=O)C2CCCC2)C1. The molecule has 1 amide bonds. The Hall–Kier alpha value is -1.84. The van der Waals surface area contributed by atoms with Gasteiger partial charge < -0.3 is 15.5 Å². The second-order valence-electron chi connectivity index (χ2n) is 7.27. The fraction of sp³-hybridized carbons (Fsp3) is 0.722. The van der Waals surface area contributed by atoms with Gasteiger partial charge in [0.1, 0.15) is 0 Å². The van der Waals surface area contributed by atoms with Crippen LogP contribution in [0.2, 0.25) is 0 Å². The van der Waals surface area contributed by atoms with Gasteiger partial charge in [0.15, 0.2) is 11.7 Å². The van der Waals surface area contributed by atoms with Crippen molar-refractivity contribution >= 4 is 23.2 Å². The summed E-state index contributed by atoms with van der Waals surface area (Å²) in [7, 11) is 1.65. The number of nitrogens with zero attached hydrogens (tertiary/aromatic N) is 3. The Kier molecular flexibility index (Phi) is 6.79. The highest BCUT2D eigenvalue weighted by Crippen LogP contribution is 2.30. The second-order valence-corrected chi connectivity index (χ2v) is 8.21. The molecule has 1 saturated heterocycles. The molecule has 1 aliphatic carbocycles. The molecule has 1 unspecified atom stereocenters. The molecule has 10 heteroatoms. The van der Waals surface area contributed by atoms with Crippen molar-refractivity contribution in [2.24, 2.45) is 10.9 Å². The number of amides is 1. The molecule has 156 valence electrons. The Balaban J connectivity index is 1.41. The van der Waals surface area contributed by atoms with Crippen molar-refractivity contribution in [2.45, 2.75) is 50.7 Å². The van der Waals surface area contributed by atoms with Crippen molar-refractivity contribution in [1.82, 2.24) is 20.5 Å². The van der Waals surface area contributed by atoms with E-state index in [1.165, 1.54) is 0 Å². The largest absolute Gasteiger partial charge is 0.434 e. The first-order valence-electron chi connectivity index (χ1n) is 9.64. The molecule has 0 aromatic carbocycles. The number of likely N-dealkylation sites (tertiary alicyclic amines) is 1. The number of aromatic nitrogens is 1. The van der Waals surface area contributed by atoms with Crippen molar-refractivity contribution in [2.75, 3.05) is 26.7 Å². The monoisotopic (exact) mass is 417 g/mol. The zero-order valence-electron chi connectivity index (χ0n) is 15.9. The van der Waals surface area contributed by atoms with Crippen LogP contribution in [-0.4, -0.2) is 54.5 Å². The standard InChI is InChI=1S/C18H26F3N5OS/c1-22-17(23-8-6-15-25-14(11-28-15)18(19,20)21)24-13-7-9-26(10-13)16(27)12-4-2-3-5-12/h11-13H,2-10H2,1H3,(H2,22,23,24). The number of carbonyl (C=O) groups is 1. The number of guanidine groups is 1. The third kappa shape index (κ3) is 5.36. The maximum atomic E-state index is 12.6. The summed E-state index contributed by atoms with van der Waals surface area (Å²) in [6.07, 6.45) is 1.15. The van der Waals surface area contributed by atoms with E-state index in [2.05, 4.69) is 20.6 Å². The Morgan fingerprint density at radius 2 is 2.11 bits per heavy atom. The van der Waals surface area contributed by atoms with Gasteiger partial charge in [-0.25, -0.2) is 4.98 Å². The minimum absolute atomic E-state index is 0.133. The predicted octanol–water partition coefficient (Wildman–Crippen LogP) is 2.66. The third-order valence-corrected chi connectivity index (χ3v) is 6.15. The predicted molar refractivity (Wildman–Crippen MR) is 102 cm³/mol. The van der Waals surface area contributed by atoms with Crippen molar-refractivity contribution in [3.8, 4) is 0 Å². The molecule has 28 heavy (non-hydrogen) atoms. The summed E-state index contributed by atoms with van der Waals surface area (Å²) in [5.74, 6) is 1.05. The molecule has 1 atom stereocenters. The van der Waals surface area contributed by atoms with Gasteiger partial charge in [0.25, 0.3) is 0 Å². The molecule has 1 aliphatic heterocycles. The highest BCUT2D eigenvalue weighted by molar-refractivity contribution is 7.09. The first kappa shape index (κ1) is 20.9. The van der Waals surface area contributed by atoms with E-state index in [-0.39, 0.29) is 17.9 Å². The number of halogens is 3. The van der Waals surface area contributed by atoms with Gasteiger partial charge >= 0.3 is 6.18 Å². The van der Waals surface area contributed by atoms with Gasteiger partial charge in [0.2, 0.25) is 5.91 Å². The molecule has 2 heterocycles. The number of rotatable bonds is 5. The summed E-state index contributed by atoms with van der Waals surface area (Å²) >= 11 is 1.01. The fourth-order valence-electron chi connectivity index (χ4n) is 3.74. The van der Waals surface area contributed by atoms with Crippen molar-refractivity contribution < 1.29 is 18.0 Å². The number of alkyl halides is 3. The van der Waals surface area contributed by atoms with Crippen molar-refractivity contribution in [1.29, 1.82) is 0 Å². The first-order valence-corrected chi connectivity index (χ1v) is 10.5. The summed E-state index contributed by atoms with van der Waals surface area (Å²) in [5, 5.41) is 7.89. The average Bonchev–Trinajstić information content (AvgIpc) is 3.40. The van der Waals surface area contributed by atoms with Gasteiger partial charge in [-0.2, -0.15) is 13.2 Å². The Bertz CT molecular complexity index is 700. The normalized spacial score (nSPS) is 21.4. The van der Waals surface area contributed by atoms with Crippen molar-refractivity contribution in [3.05, 3.63) is 16.1 Å². The summed E-state index contributed by atoms with van der Waals surface area (Å²) in [6, 6.07) is 0.133. The van der Waals surface area contributed by atoms with E-state index in [1.807, 2.05) is 4.90 Å². The molecular formula is C18H26F3N5OS. The van der Waals surface area contributed by atoms with Gasteiger partial charge in [-0.3, -0.25) is 9.79 Å². The Labute approximate surface area is 166 Å². The summed E-state index contributed by atoms with van der Waals surface area (Å²) in [4.78, 5) is 22.2. The molecule has 2 N–H and O–H groups in total. The van der Waals surface area contributed by atoms with Gasteiger partial charge in [-0.1, -0.05) is 12.8 Å². The molecule has 1 aromatic heterocycles. The molecule has 2 aliphatic rings. The lowest BCUT2D eigenvalue weighted by atomic mass is 10.1. The third-order valence-electron chi connectivity index (χ3n) is 5.24.